The minimum atomic E-state index is -0.377. The third-order valence-electron chi connectivity index (χ3n) is 4.60. The molecule has 1 aromatic heterocycles. The fraction of sp³-hybridized carbons (Fsp3) is 0.333. The van der Waals surface area contributed by atoms with Gasteiger partial charge in [0.05, 0.1) is 25.4 Å². The number of ether oxygens (including phenoxy) is 1. The van der Waals surface area contributed by atoms with Gasteiger partial charge in [-0.1, -0.05) is 43.3 Å². The van der Waals surface area contributed by atoms with Crippen LogP contribution in [0.15, 0.2) is 48.5 Å². The Morgan fingerprint density at radius 2 is 1.52 bits per heavy atom. The van der Waals surface area contributed by atoms with Crippen molar-refractivity contribution < 1.29 is 9.84 Å². The van der Waals surface area contributed by atoms with Gasteiger partial charge in [0, 0.05) is 27.7 Å². The SMILES string of the molecule is C[C@@H]1COC[C@H](n2c3ccccc3c3ccccc32)[C@H]1O. The Labute approximate surface area is 123 Å². The summed E-state index contributed by atoms with van der Waals surface area (Å²) in [5.74, 6) is 0.156. The molecule has 0 amide bonds. The van der Waals surface area contributed by atoms with E-state index < -0.39 is 0 Å². The standard InChI is InChI=1S/C18H19NO2/c1-12-10-21-11-17(18(12)20)19-15-8-4-2-6-13(15)14-7-3-5-9-16(14)19/h2-9,12,17-18,20H,10-11H2,1H3/t12-,17+,18+/m1/s1. The largest absolute Gasteiger partial charge is 0.391 e. The molecule has 0 aliphatic carbocycles. The second-order valence-electron chi connectivity index (χ2n) is 5.98. The topological polar surface area (TPSA) is 34.4 Å². The van der Waals surface area contributed by atoms with Gasteiger partial charge in [0.1, 0.15) is 0 Å². The number of rotatable bonds is 1. The molecule has 3 nitrogen and oxygen atoms in total. The van der Waals surface area contributed by atoms with Gasteiger partial charge in [-0.05, 0) is 12.1 Å². The van der Waals surface area contributed by atoms with Gasteiger partial charge in [-0.2, -0.15) is 0 Å². The molecule has 2 aromatic carbocycles. The van der Waals surface area contributed by atoms with E-state index in [4.69, 9.17) is 4.74 Å². The first-order valence-electron chi connectivity index (χ1n) is 7.51. The lowest BCUT2D eigenvalue weighted by molar-refractivity contribution is -0.0647. The second kappa shape index (κ2) is 4.86. The molecule has 1 N–H and O–H groups in total. The molecular weight excluding hydrogens is 262 g/mol. The molecule has 1 fully saturated rings. The van der Waals surface area contributed by atoms with Crippen LogP contribution < -0.4 is 0 Å². The molecule has 0 unspecified atom stereocenters. The zero-order valence-corrected chi connectivity index (χ0v) is 12.1. The van der Waals surface area contributed by atoms with Crippen LogP contribution in [0.4, 0.5) is 0 Å². The number of aliphatic hydroxyl groups excluding tert-OH is 1. The number of benzene rings is 2. The molecule has 2 heterocycles. The molecule has 1 aliphatic heterocycles. The van der Waals surface area contributed by atoms with Crippen LogP contribution in [0, 0.1) is 5.92 Å². The number of para-hydroxylation sites is 2. The Kier molecular flexibility index (Phi) is 2.98. The minimum Gasteiger partial charge on any atom is -0.391 e. The molecule has 0 saturated carbocycles. The maximum Gasteiger partial charge on any atom is 0.0838 e. The summed E-state index contributed by atoms with van der Waals surface area (Å²) in [6, 6.07) is 16.8. The maximum absolute atomic E-state index is 10.6. The molecule has 3 heteroatoms. The zero-order chi connectivity index (χ0) is 14.4. The van der Waals surface area contributed by atoms with Crippen LogP contribution in [-0.2, 0) is 4.74 Å². The highest BCUT2D eigenvalue weighted by Crippen LogP contribution is 2.35. The van der Waals surface area contributed by atoms with Crippen LogP contribution >= 0.6 is 0 Å². The first-order chi connectivity index (χ1) is 10.3. The van der Waals surface area contributed by atoms with E-state index in [2.05, 4.69) is 53.1 Å². The average molecular weight is 281 g/mol. The summed E-state index contributed by atoms with van der Waals surface area (Å²) in [4.78, 5) is 0. The molecular formula is C18H19NO2. The van der Waals surface area contributed by atoms with E-state index in [-0.39, 0.29) is 18.1 Å². The Hall–Kier alpha value is -1.84. The number of nitrogens with zero attached hydrogens (tertiary/aromatic N) is 1. The number of aromatic nitrogens is 1. The van der Waals surface area contributed by atoms with Crippen molar-refractivity contribution in [1.82, 2.24) is 4.57 Å². The number of hydrogen-bond acceptors (Lipinski definition) is 2. The predicted molar refractivity (Wildman–Crippen MR) is 84.5 cm³/mol. The normalized spacial score (nSPS) is 26.5. The summed E-state index contributed by atoms with van der Waals surface area (Å²) in [6.45, 7) is 3.24. The fourth-order valence-corrected chi connectivity index (χ4v) is 3.49. The van der Waals surface area contributed by atoms with Crippen LogP contribution in [-0.4, -0.2) is 29.0 Å². The number of hydrogen-bond donors (Lipinski definition) is 1. The van der Waals surface area contributed by atoms with E-state index in [0.717, 1.165) is 0 Å². The van der Waals surface area contributed by atoms with Gasteiger partial charge >= 0.3 is 0 Å². The summed E-state index contributed by atoms with van der Waals surface area (Å²) in [7, 11) is 0. The predicted octanol–water partition coefficient (Wildman–Crippen LogP) is 3.36. The lowest BCUT2D eigenvalue weighted by Gasteiger charge is -2.34. The Bertz CT molecular complexity index is 739. The van der Waals surface area contributed by atoms with Crippen molar-refractivity contribution in [2.45, 2.75) is 19.1 Å². The van der Waals surface area contributed by atoms with Crippen molar-refractivity contribution in [1.29, 1.82) is 0 Å². The highest BCUT2D eigenvalue weighted by atomic mass is 16.5. The summed E-state index contributed by atoms with van der Waals surface area (Å²) < 4.78 is 7.96. The average Bonchev–Trinajstić information content (AvgIpc) is 2.85. The van der Waals surface area contributed by atoms with E-state index in [1.165, 1.54) is 21.8 Å². The minimum absolute atomic E-state index is 0.0291. The summed E-state index contributed by atoms with van der Waals surface area (Å²) in [5.41, 5.74) is 2.33. The summed E-state index contributed by atoms with van der Waals surface area (Å²) in [5, 5.41) is 13.1. The molecule has 1 saturated heterocycles. The van der Waals surface area contributed by atoms with Crippen molar-refractivity contribution in [3.05, 3.63) is 48.5 Å². The molecule has 0 bridgehead atoms. The molecule has 0 radical (unpaired) electrons. The van der Waals surface area contributed by atoms with E-state index >= 15 is 0 Å². The lowest BCUT2D eigenvalue weighted by Crippen LogP contribution is -2.40. The molecule has 21 heavy (non-hydrogen) atoms. The van der Waals surface area contributed by atoms with Crippen LogP contribution in [0.2, 0.25) is 0 Å². The Balaban J connectivity index is 2.01. The van der Waals surface area contributed by atoms with Crippen molar-refractivity contribution in [2.24, 2.45) is 5.92 Å². The smallest absolute Gasteiger partial charge is 0.0838 e. The third-order valence-corrected chi connectivity index (χ3v) is 4.60. The van der Waals surface area contributed by atoms with Crippen molar-refractivity contribution in [3.63, 3.8) is 0 Å². The summed E-state index contributed by atoms with van der Waals surface area (Å²) >= 11 is 0. The van der Waals surface area contributed by atoms with Crippen LogP contribution in [0.25, 0.3) is 21.8 Å². The van der Waals surface area contributed by atoms with Crippen molar-refractivity contribution >= 4 is 21.8 Å². The second-order valence-corrected chi connectivity index (χ2v) is 5.98. The van der Waals surface area contributed by atoms with Gasteiger partial charge in [-0.15, -0.1) is 0 Å². The molecule has 3 atom stereocenters. The fourth-order valence-electron chi connectivity index (χ4n) is 3.49. The maximum atomic E-state index is 10.6. The van der Waals surface area contributed by atoms with Crippen molar-refractivity contribution in [3.8, 4) is 0 Å². The first kappa shape index (κ1) is 12.9. The van der Waals surface area contributed by atoms with Crippen LogP contribution in [0.1, 0.15) is 13.0 Å². The Morgan fingerprint density at radius 3 is 2.14 bits per heavy atom. The third kappa shape index (κ3) is 1.88. The van der Waals surface area contributed by atoms with Gasteiger partial charge in [-0.3, -0.25) is 0 Å². The quantitative estimate of drug-likeness (QED) is 0.742. The molecule has 1 aliphatic rings. The van der Waals surface area contributed by atoms with Crippen LogP contribution in [0.3, 0.4) is 0 Å². The Morgan fingerprint density at radius 1 is 0.952 bits per heavy atom. The molecule has 4 rings (SSSR count). The van der Waals surface area contributed by atoms with E-state index in [1.807, 2.05) is 6.92 Å². The highest BCUT2D eigenvalue weighted by Gasteiger charge is 2.32. The summed E-state index contributed by atoms with van der Waals surface area (Å²) in [6.07, 6.45) is -0.377. The molecule has 0 spiro atoms. The van der Waals surface area contributed by atoms with Gasteiger partial charge in [0.15, 0.2) is 0 Å². The van der Waals surface area contributed by atoms with Gasteiger partial charge in [0.25, 0.3) is 0 Å². The van der Waals surface area contributed by atoms with E-state index in [0.29, 0.717) is 13.2 Å². The van der Waals surface area contributed by atoms with E-state index in [9.17, 15) is 5.11 Å². The zero-order valence-electron chi connectivity index (χ0n) is 12.1. The van der Waals surface area contributed by atoms with Gasteiger partial charge < -0.3 is 14.4 Å². The van der Waals surface area contributed by atoms with Crippen LogP contribution in [0.5, 0.6) is 0 Å². The van der Waals surface area contributed by atoms with Gasteiger partial charge in [0.2, 0.25) is 0 Å². The monoisotopic (exact) mass is 281 g/mol. The molecule has 3 aromatic rings. The van der Waals surface area contributed by atoms with E-state index in [1.54, 1.807) is 0 Å². The van der Waals surface area contributed by atoms with Gasteiger partial charge in [-0.25, -0.2) is 0 Å². The first-order valence-corrected chi connectivity index (χ1v) is 7.51. The number of aliphatic hydroxyl groups is 1. The lowest BCUT2D eigenvalue weighted by atomic mass is 9.96. The highest BCUT2D eigenvalue weighted by molar-refractivity contribution is 6.08. The van der Waals surface area contributed by atoms with Crippen molar-refractivity contribution in [2.75, 3.05) is 13.2 Å². The molecule has 108 valence electrons. The number of fused-ring (bicyclic) bond motifs is 3.